The molecule has 4 N–H and O–H groups in total. The lowest BCUT2D eigenvalue weighted by Crippen LogP contribution is -2.38. The first kappa shape index (κ1) is 28.4. The molecule has 2 heterocycles. The molecule has 0 saturated heterocycles. The lowest BCUT2D eigenvalue weighted by atomic mass is 9.76. The Balaban J connectivity index is 1.64. The Morgan fingerprint density at radius 2 is 1.80 bits per heavy atom. The topological polar surface area (TPSA) is 138 Å². The smallest absolute Gasteiger partial charge is 0.465 e. The van der Waals surface area contributed by atoms with Crippen molar-refractivity contribution in [3.63, 3.8) is 0 Å². The van der Waals surface area contributed by atoms with Crippen LogP contribution in [0.1, 0.15) is 26.4 Å². The SMILES string of the molecule is [B]C([B])(O)Oc1ncc(-c2ccc3c(C(=O)NC)n[nH]c3c2)cc1C(=O)NCc1cc(OC(F)(F)F)ccc1F. The van der Waals surface area contributed by atoms with Crippen molar-refractivity contribution in [1.82, 2.24) is 25.8 Å². The fourth-order valence-electron chi connectivity index (χ4n) is 3.65. The van der Waals surface area contributed by atoms with Crippen molar-refractivity contribution in [2.45, 2.75) is 18.5 Å². The maximum atomic E-state index is 14.2. The maximum Gasteiger partial charge on any atom is 0.573 e. The standard InChI is InChI=1S/C24H17B2F4N5O5/c1-31-21(37)19-15-4-2-11(8-18(15)34-35-19)12-7-16(22(33-9-12)40-23(25,26)38)20(36)32-10-13-6-14(3-5-17(13)27)39-24(28,29)30/h2-9,38H,10H2,1H3,(H,31,37)(H,32,36)(H,34,35). The molecule has 0 aliphatic carbocycles. The van der Waals surface area contributed by atoms with Gasteiger partial charge in [-0.05, 0) is 42.0 Å². The third kappa shape index (κ3) is 6.69. The number of aromatic nitrogens is 3. The number of alkyl halides is 3. The van der Waals surface area contributed by atoms with Gasteiger partial charge in [0.25, 0.3) is 11.8 Å². The number of nitrogens with one attached hydrogen (secondary N) is 3. The molecule has 0 aliphatic heterocycles. The van der Waals surface area contributed by atoms with Gasteiger partial charge in [-0.1, -0.05) is 6.07 Å². The third-order valence-corrected chi connectivity index (χ3v) is 5.38. The summed E-state index contributed by atoms with van der Waals surface area (Å²) in [6, 6.07) is 8.51. The van der Waals surface area contributed by atoms with E-state index in [-0.39, 0.29) is 16.8 Å². The number of carbonyl (C=O) groups is 2. The summed E-state index contributed by atoms with van der Waals surface area (Å²) >= 11 is 0. The number of fused-ring (bicyclic) bond motifs is 1. The summed E-state index contributed by atoms with van der Waals surface area (Å²) in [5.74, 6) is -3.40. The van der Waals surface area contributed by atoms with Gasteiger partial charge in [0.15, 0.2) is 21.4 Å². The molecule has 2 aromatic heterocycles. The molecular formula is C24H17B2F4N5O5. The number of H-pyrrole nitrogens is 1. The van der Waals surface area contributed by atoms with Crippen molar-refractivity contribution in [3.05, 3.63) is 71.3 Å². The minimum absolute atomic E-state index is 0.174. The summed E-state index contributed by atoms with van der Waals surface area (Å²) < 4.78 is 60.6. The molecule has 4 radical (unpaired) electrons. The van der Waals surface area contributed by atoms with Gasteiger partial charge < -0.3 is 25.2 Å². The largest absolute Gasteiger partial charge is 0.573 e. The predicted molar refractivity (Wildman–Crippen MR) is 134 cm³/mol. The highest BCUT2D eigenvalue weighted by molar-refractivity contribution is 6.37. The highest BCUT2D eigenvalue weighted by atomic mass is 19.4. The average molecular weight is 553 g/mol. The highest BCUT2D eigenvalue weighted by Gasteiger charge is 2.31. The van der Waals surface area contributed by atoms with E-state index in [0.29, 0.717) is 22.0 Å². The monoisotopic (exact) mass is 553 g/mol. The Labute approximate surface area is 225 Å². The first-order chi connectivity index (χ1) is 18.7. The number of hydrogen-bond acceptors (Lipinski definition) is 7. The Morgan fingerprint density at radius 1 is 1.05 bits per heavy atom. The number of aromatic amines is 1. The molecular weight excluding hydrogens is 536 g/mol. The third-order valence-electron chi connectivity index (χ3n) is 5.38. The first-order valence-corrected chi connectivity index (χ1v) is 11.3. The van der Waals surface area contributed by atoms with Crippen molar-refractivity contribution in [3.8, 4) is 22.8 Å². The number of pyridine rings is 1. The zero-order valence-electron chi connectivity index (χ0n) is 20.5. The van der Waals surface area contributed by atoms with Crippen molar-refractivity contribution in [2.75, 3.05) is 7.05 Å². The van der Waals surface area contributed by atoms with Crippen molar-refractivity contribution < 1.29 is 41.7 Å². The highest BCUT2D eigenvalue weighted by Crippen LogP contribution is 2.29. The van der Waals surface area contributed by atoms with Crippen LogP contribution < -0.4 is 20.1 Å². The number of hydrogen-bond donors (Lipinski definition) is 4. The second kappa shape index (κ2) is 10.9. The average Bonchev–Trinajstić information content (AvgIpc) is 3.30. The van der Waals surface area contributed by atoms with Gasteiger partial charge in [0, 0.05) is 36.3 Å². The summed E-state index contributed by atoms with van der Waals surface area (Å²) in [6.07, 6.45) is -3.71. The number of benzene rings is 2. The molecule has 0 fully saturated rings. The molecule has 16 heteroatoms. The molecule has 4 aromatic rings. The molecule has 10 nitrogen and oxygen atoms in total. The number of aliphatic hydroxyl groups is 1. The van der Waals surface area contributed by atoms with Crippen LogP contribution in [-0.4, -0.2) is 66.8 Å². The molecule has 0 unspecified atom stereocenters. The van der Waals surface area contributed by atoms with E-state index in [4.69, 9.17) is 20.4 Å². The number of ether oxygens (including phenoxy) is 2. The summed E-state index contributed by atoms with van der Waals surface area (Å²) in [4.78, 5) is 29.1. The zero-order chi connectivity index (χ0) is 29.2. The quantitative estimate of drug-likeness (QED) is 0.149. The van der Waals surface area contributed by atoms with Gasteiger partial charge in [-0.25, -0.2) is 9.37 Å². The Morgan fingerprint density at radius 3 is 2.48 bits per heavy atom. The van der Waals surface area contributed by atoms with Gasteiger partial charge in [0.05, 0.1) is 5.52 Å². The number of halogens is 4. The second-order valence-electron chi connectivity index (χ2n) is 8.33. The molecule has 0 atom stereocenters. The van der Waals surface area contributed by atoms with E-state index in [0.717, 1.165) is 18.2 Å². The lowest BCUT2D eigenvalue weighted by Gasteiger charge is -2.22. The van der Waals surface area contributed by atoms with E-state index >= 15 is 0 Å². The first-order valence-electron chi connectivity index (χ1n) is 11.3. The molecule has 40 heavy (non-hydrogen) atoms. The minimum atomic E-state index is -5.00. The molecule has 0 saturated carbocycles. The van der Waals surface area contributed by atoms with E-state index in [9.17, 15) is 32.3 Å². The van der Waals surface area contributed by atoms with Gasteiger partial charge in [0.1, 0.15) is 22.7 Å². The summed E-state index contributed by atoms with van der Waals surface area (Å²) in [5, 5.41) is 21.8. The van der Waals surface area contributed by atoms with E-state index in [2.05, 4.69) is 30.6 Å². The summed E-state index contributed by atoms with van der Waals surface area (Å²) in [7, 11) is 12.0. The van der Waals surface area contributed by atoms with Crippen LogP contribution in [0.25, 0.3) is 22.0 Å². The van der Waals surface area contributed by atoms with Gasteiger partial charge >= 0.3 is 6.36 Å². The molecule has 202 valence electrons. The predicted octanol–water partition coefficient (Wildman–Crippen LogP) is 2.27. The van der Waals surface area contributed by atoms with Crippen LogP contribution >= 0.6 is 0 Å². The minimum Gasteiger partial charge on any atom is -0.465 e. The van der Waals surface area contributed by atoms with Crippen molar-refractivity contribution in [1.29, 1.82) is 0 Å². The van der Waals surface area contributed by atoms with Gasteiger partial charge in [-0.15, -0.1) is 13.2 Å². The molecule has 2 amide bonds. The van der Waals surface area contributed by atoms with Gasteiger partial charge in [-0.2, -0.15) is 5.10 Å². The summed E-state index contributed by atoms with van der Waals surface area (Å²) in [6.45, 7) is -0.554. The molecule has 0 aliphatic rings. The lowest BCUT2D eigenvalue weighted by molar-refractivity contribution is -0.274. The van der Waals surface area contributed by atoms with Crippen LogP contribution in [0.3, 0.4) is 0 Å². The number of carbonyl (C=O) groups excluding carboxylic acids is 2. The van der Waals surface area contributed by atoms with E-state index in [1.165, 1.54) is 19.3 Å². The van der Waals surface area contributed by atoms with Crippen LogP contribution in [0.5, 0.6) is 11.6 Å². The Bertz CT molecular complexity index is 1590. The normalized spacial score (nSPS) is 11.8. The molecule has 2 aromatic carbocycles. The van der Waals surface area contributed by atoms with Crippen LogP contribution in [-0.2, 0) is 6.54 Å². The fourth-order valence-corrected chi connectivity index (χ4v) is 3.65. The number of nitrogens with zero attached hydrogens (tertiary/aromatic N) is 2. The van der Waals surface area contributed by atoms with Crippen LogP contribution in [0.2, 0.25) is 0 Å². The molecule has 0 spiro atoms. The number of rotatable bonds is 8. The number of amides is 2. The molecule has 4 rings (SSSR count). The van der Waals surface area contributed by atoms with Crippen LogP contribution in [0.4, 0.5) is 17.6 Å². The maximum absolute atomic E-state index is 14.2. The van der Waals surface area contributed by atoms with E-state index < -0.39 is 47.8 Å². The molecule has 0 bridgehead atoms. The van der Waals surface area contributed by atoms with Crippen molar-refractivity contribution in [2.24, 2.45) is 0 Å². The summed E-state index contributed by atoms with van der Waals surface area (Å²) in [5.41, 5.74) is -1.78. The fraction of sp³-hybridized carbons (Fsp3) is 0.167. The van der Waals surface area contributed by atoms with E-state index in [1.807, 2.05) is 0 Å². The van der Waals surface area contributed by atoms with E-state index in [1.54, 1.807) is 18.2 Å². The van der Waals surface area contributed by atoms with Crippen LogP contribution in [0, 0.1) is 5.82 Å². The van der Waals surface area contributed by atoms with Gasteiger partial charge in [-0.3, -0.25) is 14.7 Å². The second-order valence-corrected chi connectivity index (χ2v) is 8.33. The van der Waals surface area contributed by atoms with Crippen molar-refractivity contribution >= 4 is 38.4 Å². The Hall–Kier alpha value is -4.59. The van der Waals surface area contributed by atoms with Gasteiger partial charge in [0.2, 0.25) is 5.88 Å². The zero-order valence-corrected chi connectivity index (χ0v) is 20.5. The van der Waals surface area contributed by atoms with Crippen LogP contribution in [0.15, 0.2) is 48.7 Å². The Kier molecular flexibility index (Phi) is 7.73.